The predicted molar refractivity (Wildman–Crippen MR) is 111 cm³/mol. The molecule has 0 atom stereocenters. The minimum absolute atomic E-state index is 0.180. The van der Waals surface area contributed by atoms with Gasteiger partial charge >= 0.3 is 0 Å². The smallest absolute Gasteiger partial charge is 0.136 e. The predicted octanol–water partition coefficient (Wildman–Crippen LogP) is 5.06. The Morgan fingerprint density at radius 2 is 1.74 bits per heavy atom. The van der Waals surface area contributed by atoms with Gasteiger partial charge in [0, 0.05) is 5.41 Å². The van der Waals surface area contributed by atoms with Crippen molar-refractivity contribution in [1.29, 1.82) is 0 Å². The van der Waals surface area contributed by atoms with Crippen LogP contribution in [0.3, 0.4) is 0 Å². The van der Waals surface area contributed by atoms with Crippen molar-refractivity contribution < 1.29 is 5.21 Å². The van der Waals surface area contributed by atoms with Crippen LogP contribution < -0.4 is 5.06 Å². The molecule has 0 aromatic heterocycles. The summed E-state index contributed by atoms with van der Waals surface area (Å²) in [6, 6.07) is 13.7. The van der Waals surface area contributed by atoms with Crippen LogP contribution in [0.15, 0.2) is 47.5 Å². The Morgan fingerprint density at radius 1 is 1.07 bits per heavy atom. The van der Waals surface area contributed by atoms with E-state index in [1.807, 2.05) is 24.3 Å². The van der Waals surface area contributed by atoms with Gasteiger partial charge in [-0.15, -0.1) is 0 Å². The molecular weight excluding hydrogens is 381 g/mol. The number of amidine groups is 1. The van der Waals surface area contributed by atoms with Crippen molar-refractivity contribution >= 4 is 34.7 Å². The number of likely N-dealkylation sites (tertiary alicyclic amines) is 1. The zero-order chi connectivity index (χ0) is 19.0. The molecule has 0 saturated carbocycles. The van der Waals surface area contributed by atoms with Gasteiger partial charge in [0.15, 0.2) is 0 Å². The summed E-state index contributed by atoms with van der Waals surface area (Å²) < 4.78 is 0. The normalized spacial score (nSPS) is 20.9. The van der Waals surface area contributed by atoms with E-state index in [0.717, 1.165) is 49.3 Å². The summed E-state index contributed by atoms with van der Waals surface area (Å²) in [6.45, 7) is 2.51. The molecule has 4 rings (SSSR count). The summed E-state index contributed by atoms with van der Waals surface area (Å²) >= 11 is 12.5. The first kappa shape index (κ1) is 18.8. The number of anilines is 1. The highest BCUT2D eigenvalue weighted by atomic mass is 35.5. The molecule has 27 heavy (non-hydrogen) atoms. The van der Waals surface area contributed by atoms with Crippen molar-refractivity contribution in [3.05, 3.63) is 63.6 Å². The number of rotatable bonds is 2. The standard InChI is InChI=1S/C21H23Cl2N3O/c1-25-9-7-21(8-10-25)13-16-11-17(22)18(23)12-19(16)26(27)20(21)24-14-15-5-3-2-4-6-15/h2-6,11-12,27H,7-10,13-14H2,1H3. The number of piperidine rings is 1. The minimum Gasteiger partial charge on any atom is -0.306 e. The van der Waals surface area contributed by atoms with E-state index < -0.39 is 0 Å². The molecule has 1 spiro atoms. The van der Waals surface area contributed by atoms with Gasteiger partial charge in [-0.05, 0) is 62.7 Å². The fraction of sp³-hybridized carbons (Fsp3) is 0.381. The van der Waals surface area contributed by atoms with Crippen LogP contribution >= 0.6 is 23.2 Å². The van der Waals surface area contributed by atoms with E-state index in [1.165, 1.54) is 5.06 Å². The van der Waals surface area contributed by atoms with Crippen LogP contribution in [0.1, 0.15) is 24.0 Å². The van der Waals surface area contributed by atoms with Crippen LogP contribution in [0.25, 0.3) is 0 Å². The van der Waals surface area contributed by atoms with Crippen LogP contribution in [0.5, 0.6) is 0 Å². The number of fused-ring (bicyclic) bond motifs is 1. The maximum atomic E-state index is 11.1. The molecule has 1 saturated heterocycles. The number of hydrogen-bond donors (Lipinski definition) is 1. The Morgan fingerprint density at radius 3 is 2.44 bits per heavy atom. The lowest BCUT2D eigenvalue weighted by Crippen LogP contribution is -2.53. The fourth-order valence-electron chi connectivity index (χ4n) is 4.13. The van der Waals surface area contributed by atoms with E-state index in [9.17, 15) is 5.21 Å². The summed E-state index contributed by atoms with van der Waals surface area (Å²) in [4.78, 5) is 7.21. The van der Waals surface area contributed by atoms with E-state index in [0.29, 0.717) is 22.3 Å². The Hall–Kier alpha value is -1.59. The first-order valence-electron chi connectivity index (χ1n) is 9.23. The Kier molecular flexibility index (Phi) is 5.17. The van der Waals surface area contributed by atoms with Gasteiger partial charge in [-0.2, -0.15) is 0 Å². The molecule has 6 heteroatoms. The molecule has 4 nitrogen and oxygen atoms in total. The van der Waals surface area contributed by atoms with Gasteiger partial charge in [-0.25, -0.2) is 5.06 Å². The molecule has 1 fully saturated rings. The molecule has 0 aliphatic carbocycles. The van der Waals surface area contributed by atoms with Gasteiger partial charge in [-0.3, -0.25) is 10.2 Å². The zero-order valence-corrected chi connectivity index (χ0v) is 16.8. The average molecular weight is 404 g/mol. The maximum Gasteiger partial charge on any atom is 0.136 e. The highest BCUT2D eigenvalue weighted by Gasteiger charge is 2.45. The summed E-state index contributed by atoms with van der Waals surface area (Å²) in [5.74, 6) is 0.741. The van der Waals surface area contributed by atoms with Gasteiger partial charge in [-0.1, -0.05) is 53.5 Å². The van der Waals surface area contributed by atoms with Crippen LogP contribution in [0.4, 0.5) is 5.69 Å². The second-order valence-electron chi connectivity index (χ2n) is 7.59. The molecule has 2 aromatic rings. The van der Waals surface area contributed by atoms with Gasteiger partial charge in [0.2, 0.25) is 0 Å². The van der Waals surface area contributed by atoms with Crippen molar-refractivity contribution in [2.24, 2.45) is 10.4 Å². The molecule has 0 bridgehead atoms. The van der Waals surface area contributed by atoms with Crippen molar-refractivity contribution in [2.75, 3.05) is 25.2 Å². The van der Waals surface area contributed by atoms with Crippen LogP contribution in [0, 0.1) is 5.41 Å². The molecule has 2 aromatic carbocycles. The van der Waals surface area contributed by atoms with E-state index >= 15 is 0 Å². The first-order chi connectivity index (χ1) is 13.0. The van der Waals surface area contributed by atoms with E-state index in [1.54, 1.807) is 6.07 Å². The highest BCUT2D eigenvalue weighted by molar-refractivity contribution is 6.42. The topological polar surface area (TPSA) is 39.1 Å². The number of aliphatic imine (C=N–C) groups is 1. The van der Waals surface area contributed by atoms with Gasteiger partial charge < -0.3 is 4.90 Å². The third-order valence-corrected chi connectivity index (χ3v) is 6.47. The summed E-state index contributed by atoms with van der Waals surface area (Å²) in [7, 11) is 2.14. The summed E-state index contributed by atoms with van der Waals surface area (Å²) in [5, 5.41) is 13.3. The number of halogens is 2. The second-order valence-corrected chi connectivity index (χ2v) is 8.41. The molecule has 1 N–H and O–H groups in total. The van der Waals surface area contributed by atoms with E-state index in [4.69, 9.17) is 28.2 Å². The average Bonchev–Trinajstić information content (AvgIpc) is 2.67. The largest absolute Gasteiger partial charge is 0.306 e. The molecule has 2 aliphatic rings. The lowest BCUT2D eigenvalue weighted by molar-refractivity contribution is 0.162. The maximum absolute atomic E-state index is 11.1. The van der Waals surface area contributed by atoms with Crippen molar-refractivity contribution in [2.45, 2.75) is 25.8 Å². The third-order valence-electron chi connectivity index (χ3n) is 5.75. The third kappa shape index (κ3) is 3.59. The van der Waals surface area contributed by atoms with Crippen LogP contribution in [-0.2, 0) is 13.0 Å². The second kappa shape index (κ2) is 7.44. The monoisotopic (exact) mass is 403 g/mol. The molecule has 0 amide bonds. The highest BCUT2D eigenvalue weighted by Crippen LogP contribution is 2.46. The lowest BCUT2D eigenvalue weighted by Gasteiger charge is -2.47. The first-order valence-corrected chi connectivity index (χ1v) is 9.98. The van der Waals surface area contributed by atoms with E-state index in [-0.39, 0.29) is 5.41 Å². The molecule has 2 heterocycles. The molecule has 0 radical (unpaired) electrons. The molecule has 2 aliphatic heterocycles. The van der Waals surface area contributed by atoms with Crippen LogP contribution in [-0.4, -0.2) is 36.1 Å². The van der Waals surface area contributed by atoms with Crippen LogP contribution in [0.2, 0.25) is 10.0 Å². The molecule has 0 unspecified atom stereocenters. The summed E-state index contributed by atoms with van der Waals surface area (Å²) in [6.07, 6.45) is 2.72. The van der Waals surface area contributed by atoms with Gasteiger partial charge in [0.25, 0.3) is 0 Å². The van der Waals surface area contributed by atoms with Crippen molar-refractivity contribution in [1.82, 2.24) is 4.90 Å². The van der Waals surface area contributed by atoms with Gasteiger partial charge in [0.1, 0.15) is 5.84 Å². The minimum atomic E-state index is -0.180. The zero-order valence-electron chi connectivity index (χ0n) is 15.3. The quantitative estimate of drug-likeness (QED) is 0.761. The molecular formula is C21H23Cl2N3O. The Bertz CT molecular complexity index is 861. The number of hydroxylamine groups is 1. The van der Waals surface area contributed by atoms with Crippen molar-refractivity contribution in [3.8, 4) is 0 Å². The lowest BCUT2D eigenvalue weighted by atomic mass is 9.70. The van der Waals surface area contributed by atoms with Gasteiger partial charge in [0.05, 0.1) is 22.3 Å². The van der Waals surface area contributed by atoms with E-state index in [2.05, 4.69) is 24.1 Å². The number of hydrogen-bond acceptors (Lipinski definition) is 3. The SMILES string of the molecule is CN1CCC2(CC1)Cc1cc(Cl)c(Cl)cc1N(O)C2=NCc1ccccc1. The molecule has 142 valence electrons. The Labute approximate surface area is 170 Å². The summed E-state index contributed by atoms with van der Waals surface area (Å²) in [5.41, 5.74) is 2.65. The number of benzene rings is 2. The fourth-order valence-corrected chi connectivity index (χ4v) is 4.47. The Balaban J connectivity index is 1.76. The number of nitrogens with zero attached hydrogens (tertiary/aromatic N) is 3. The van der Waals surface area contributed by atoms with Crippen molar-refractivity contribution in [3.63, 3.8) is 0 Å².